The maximum absolute atomic E-state index is 12.6. The highest BCUT2D eigenvalue weighted by molar-refractivity contribution is 7.14. The minimum absolute atomic E-state index is 0.0200. The molecule has 0 radical (unpaired) electrons. The maximum atomic E-state index is 12.6. The summed E-state index contributed by atoms with van der Waals surface area (Å²) in [5.41, 5.74) is 2.26. The molecule has 1 N–H and O–H groups in total. The Kier molecular flexibility index (Phi) is 5.14. The van der Waals surface area contributed by atoms with Crippen LogP contribution in [0, 0.1) is 6.92 Å². The Morgan fingerprint density at radius 2 is 2.19 bits per heavy atom. The quantitative estimate of drug-likeness (QED) is 0.891. The highest BCUT2D eigenvalue weighted by Crippen LogP contribution is 2.23. The van der Waals surface area contributed by atoms with Gasteiger partial charge in [-0.2, -0.15) is 0 Å². The first-order chi connectivity index (χ1) is 10.0. The average molecular weight is 307 g/mol. The highest BCUT2D eigenvalue weighted by atomic mass is 32.1. The van der Waals surface area contributed by atoms with Gasteiger partial charge >= 0.3 is 0 Å². The lowest BCUT2D eigenvalue weighted by atomic mass is 10.2. The van der Waals surface area contributed by atoms with Crippen LogP contribution in [0.5, 0.6) is 0 Å². The van der Waals surface area contributed by atoms with E-state index in [1.807, 2.05) is 24.4 Å². The number of pyridine rings is 1. The first kappa shape index (κ1) is 15.7. The summed E-state index contributed by atoms with van der Waals surface area (Å²) in [6.45, 7) is 7.11. The SMILES string of the molecule is COCCn1c(C)ccc(-c2csc(NC(C)C)n2)c1=O. The van der Waals surface area contributed by atoms with Gasteiger partial charge in [-0.1, -0.05) is 0 Å². The van der Waals surface area contributed by atoms with E-state index in [0.717, 1.165) is 16.5 Å². The number of methoxy groups -OCH3 is 1. The van der Waals surface area contributed by atoms with Crippen molar-refractivity contribution in [2.75, 3.05) is 19.0 Å². The number of anilines is 1. The summed E-state index contributed by atoms with van der Waals surface area (Å²) in [6, 6.07) is 4.11. The van der Waals surface area contributed by atoms with E-state index in [1.165, 1.54) is 11.3 Å². The molecule has 5 nitrogen and oxygen atoms in total. The molecule has 0 saturated heterocycles. The van der Waals surface area contributed by atoms with Crippen molar-refractivity contribution in [1.82, 2.24) is 9.55 Å². The molecule has 21 heavy (non-hydrogen) atoms. The van der Waals surface area contributed by atoms with E-state index in [0.29, 0.717) is 24.8 Å². The number of hydrogen-bond donors (Lipinski definition) is 1. The van der Waals surface area contributed by atoms with Crippen molar-refractivity contribution in [1.29, 1.82) is 0 Å². The zero-order valence-electron chi connectivity index (χ0n) is 12.8. The zero-order chi connectivity index (χ0) is 15.4. The highest BCUT2D eigenvalue weighted by Gasteiger charge is 2.12. The average Bonchev–Trinajstić information content (AvgIpc) is 2.86. The Bertz CT molecular complexity index is 661. The molecular formula is C15H21N3O2S. The van der Waals surface area contributed by atoms with Crippen molar-refractivity contribution in [2.45, 2.75) is 33.4 Å². The van der Waals surface area contributed by atoms with Crippen molar-refractivity contribution < 1.29 is 4.74 Å². The predicted molar refractivity (Wildman–Crippen MR) is 87.2 cm³/mol. The normalized spacial score (nSPS) is 11.1. The second-order valence-electron chi connectivity index (χ2n) is 5.17. The van der Waals surface area contributed by atoms with Crippen LogP contribution in [0.1, 0.15) is 19.5 Å². The summed E-state index contributed by atoms with van der Waals surface area (Å²) in [6.07, 6.45) is 0. The van der Waals surface area contributed by atoms with Crippen LogP contribution in [0.15, 0.2) is 22.3 Å². The number of rotatable bonds is 6. The van der Waals surface area contributed by atoms with Crippen LogP contribution in [-0.4, -0.2) is 29.3 Å². The number of thiazole rings is 1. The van der Waals surface area contributed by atoms with Crippen molar-refractivity contribution in [3.63, 3.8) is 0 Å². The molecule has 0 bridgehead atoms. The lowest BCUT2D eigenvalue weighted by Crippen LogP contribution is -2.25. The molecule has 0 atom stereocenters. The molecule has 0 saturated carbocycles. The van der Waals surface area contributed by atoms with Crippen molar-refractivity contribution in [3.8, 4) is 11.3 Å². The molecule has 2 aromatic rings. The predicted octanol–water partition coefficient (Wildman–Crippen LogP) is 2.75. The second kappa shape index (κ2) is 6.87. The van der Waals surface area contributed by atoms with Gasteiger partial charge in [0, 0.05) is 30.8 Å². The Morgan fingerprint density at radius 1 is 1.43 bits per heavy atom. The monoisotopic (exact) mass is 307 g/mol. The third kappa shape index (κ3) is 3.71. The smallest absolute Gasteiger partial charge is 0.260 e. The molecule has 0 unspecified atom stereocenters. The van der Waals surface area contributed by atoms with Crippen molar-refractivity contribution in [2.24, 2.45) is 0 Å². The Labute approximate surface area is 128 Å². The van der Waals surface area contributed by atoms with Gasteiger partial charge in [-0.3, -0.25) is 4.79 Å². The van der Waals surface area contributed by atoms with E-state index >= 15 is 0 Å². The lowest BCUT2D eigenvalue weighted by Gasteiger charge is -2.10. The van der Waals surface area contributed by atoms with Crippen molar-refractivity contribution in [3.05, 3.63) is 33.6 Å². The summed E-state index contributed by atoms with van der Waals surface area (Å²) < 4.78 is 6.80. The first-order valence-electron chi connectivity index (χ1n) is 6.94. The number of nitrogens with zero attached hydrogens (tertiary/aromatic N) is 2. The molecule has 2 heterocycles. The zero-order valence-corrected chi connectivity index (χ0v) is 13.7. The van der Waals surface area contributed by atoms with Crippen LogP contribution in [0.4, 0.5) is 5.13 Å². The molecule has 2 aromatic heterocycles. The van der Waals surface area contributed by atoms with Crippen molar-refractivity contribution >= 4 is 16.5 Å². The van der Waals surface area contributed by atoms with Gasteiger partial charge in [-0.05, 0) is 32.9 Å². The van der Waals surface area contributed by atoms with Crippen LogP contribution in [0.3, 0.4) is 0 Å². The van der Waals surface area contributed by atoms with Crippen LogP contribution in [0.2, 0.25) is 0 Å². The summed E-state index contributed by atoms with van der Waals surface area (Å²) in [5.74, 6) is 0. The second-order valence-corrected chi connectivity index (χ2v) is 6.03. The van der Waals surface area contributed by atoms with E-state index < -0.39 is 0 Å². The summed E-state index contributed by atoms with van der Waals surface area (Å²) in [5, 5.41) is 6.00. The van der Waals surface area contributed by atoms with Crippen LogP contribution in [-0.2, 0) is 11.3 Å². The van der Waals surface area contributed by atoms with Crippen LogP contribution < -0.4 is 10.9 Å². The first-order valence-corrected chi connectivity index (χ1v) is 7.82. The fourth-order valence-electron chi connectivity index (χ4n) is 2.04. The van der Waals surface area contributed by atoms with E-state index in [9.17, 15) is 4.79 Å². The minimum atomic E-state index is -0.0200. The molecule has 0 aliphatic heterocycles. The van der Waals surface area contributed by atoms with Gasteiger partial charge in [0.2, 0.25) is 0 Å². The standard InChI is InChI=1S/C15H21N3O2S/c1-10(2)16-15-17-13(9-21-15)12-6-5-11(3)18(14(12)19)7-8-20-4/h5-6,9-10H,7-8H2,1-4H3,(H,16,17). The third-order valence-electron chi connectivity index (χ3n) is 3.10. The number of aryl methyl sites for hydroxylation is 1. The number of ether oxygens (including phenoxy) is 1. The summed E-state index contributed by atoms with van der Waals surface area (Å²) >= 11 is 1.51. The molecule has 6 heteroatoms. The van der Waals surface area contributed by atoms with Gasteiger partial charge in [0.15, 0.2) is 5.13 Å². The van der Waals surface area contributed by atoms with Crippen LogP contribution >= 0.6 is 11.3 Å². The third-order valence-corrected chi connectivity index (χ3v) is 3.88. The molecule has 0 spiro atoms. The van der Waals surface area contributed by atoms with Crippen LogP contribution in [0.25, 0.3) is 11.3 Å². The van der Waals surface area contributed by atoms with Gasteiger partial charge in [-0.25, -0.2) is 4.98 Å². The molecule has 0 amide bonds. The lowest BCUT2D eigenvalue weighted by molar-refractivity contribution is 0.185. The molecule has 2 rings (SSSR count). The van der Waals surface area contributed by atoms with Gasteiger partial charge in [0.1, 0.15) is 0 Å². The Balaban J connectivity index is 2.35. The molecule has 0 aliphatic carbocycles. The van der Waals surface area contributed by atoms with E-state index in [2.05, 4.69) is 24.1 Å². The Hall–Kier alpha value is -1.66. The van der Waals surface area contributed by atoms with Gasteiger partial charge < -0.3 is 14.6 Å². The van der Waals surface area contributed by atoms with E-state index in [4.69, 9.17) is 4.74 Å². The van der Waals surface area contributed by atoms with Gasteiger partial charge in [0.05, 0.1) is 17.9 Å². The number of nitrogens with one attached hydrogen (secondary N) is 1. The number of aromatic nitrogens is 2. The summed E-state index contributed by atoms with van der Waals surface area (Å²) in [7, 11) is 1.63. The maximum Gasteiger partial charge on any atom is 0.260 e. The topological polar surface area (TPSA) is 56.1 Å². The molecular weight excluding hydrogens is 286 g/mol. The largest absolute Gasteiger partial charge is 0.383 e. The fraction of sp³-hybridized carbons (Fsp3) is 0.467. The summed E-state index contributed by atoms with van der Waals surface area (Å²) in [4.78, 5) is 17.1. The molecule has 114 valence electrons. The fourth-order valence-corrected chi connectivity index (χ4v) is 2.89. The number of hydrogen-bond acceptors (Lipinski definition) is 5. The molecule has 0 aromatic carbocycles. The van der Waals surface area contributed by atoms with Gasteiger partial charge in [0.25, 0.3) is 5.56 Å². The molecule has 0 aliphatic rings. The minimum Gasteiger partial charge on any atom is -0.383 e. The van der Waals surface area contributed by atoms with E-state index in [1.54, 1.807) is 11.7 Å². The molecule has 0 fully saturated rings. The van der Waals surface area contributed by atoms with Gasteiger partial charge in [-0.15, -0.1) is 11.3 Å². The van der Waals surface area contributed by atoms with E-state index in [-0.39, 0.29) is 5.56 Å². The Morgan fingerprint density at radius 3 is 2.86 bits per heavy atom.